The molecule has 2 aromatic carbocycles. The summed E-state index contributed by atoms with van der Waals surface area (Å²) in [4.78, 5) is 89.8. The van der Waals surface area contributed by atoms with E-state index in [1.807, 2.05) is 42.2 Å². The predicted octanol–water partition coefficient (Wildman–Crippen LogP) is 3.21. The summed E-state index contributed by atoms with van der Waals surface area (Å²) >= 11 is 0. The van der Waals surface area contributed by atoms with Gasteiger partial charge >= 0.3 is 23.8 Å². The van der Waals surface area contributed by atoms with E-state index in [4.69, 9.17) is 13.9 Å². The van der Waals surface area contributed by atoms with Gasteiger partial charge in [0.15, 0.2) is 11.7 Å². The van der Waals surface area contributed by atoms with Gasteiger partial charge in [-0.15, -0.1) is 0 Å². The van der Waals surface area contributed by atoms with Crippen LogP contribution in [0, 0.1) is 6.92 Å². The largest absolute Gasteiger partial charge is 0.464 e. The summed E-state index contributed by atoms with van der Waals surface area (Å²) in [6.45, 7) is 9.50. The summed E-state index contributed by atoms with van der Waals surface area (Å²) in [5.74, 6) is -0.836. The van der Waals surface area contributed by atoms with Crippen molar-refractivity contribution in [3.05, 3.63) is 63.6 Å². The number of hydrogen-bond donors (Lipinski definition) is 1. The van der Waals surface area contributed by atoms with Gasteiger partial charge in [0, 0.05) is 96.6 Å². The number of aryl methyl sites for hydroxylation is 2. The van der Waals surface area contributed by atoms with E-state index >= 15 is 0 Å². The van der Waals surface area contributed by atoms with Crippen molar-refractivity contribution in [2.75, 3.05) is 90.5 Å². The number of piperidine rings is 2. The molecule has 0 bridgehead atoms. The van der Waals surface area contributed by atoms with Crippen LogP contribution in [0.3, 0.4) is 0 Å². The number of urea groups is 1. The molecular formula is C45H60N8O9. The average Bonchev–Trinajstić information content (AvgIpc) is 3.76. The monoisotopic (exact) mass is 856 g/mol. The van der Waals surface area contributed by atoms with Crippen molar-refractivity contribution in [2.24, 2.45) is 7.05 Å². The molecule has 4 saturated heterocycles. The van der Waals surface area contributed by atoms with Crippen LogP contribution in [0.2, 0.25) is 0 Å². The van der Waals surface area contributed by atoms with Crippen LogP contribution < -0.4 is 11.1 Å². The molecule has 62 heavy (non-hydrogen) atoms. The lowest BCUT2D eigenvalue weighted by atomic mass is 10.0. The summed E-state index contributed by atoms with van der Waals surface area (Å²) < 4.78 is 18.5. The zero-order valence-corrected chi connectivity index (χ0v) is 36.1. The molecule has 5 aliphatic rings. The lowest BCUT2D eigenvalue weighted by molar-refractivity contribution is -0.146. The second-order valence-electron chi connectivity index (χ2n) is 17.4. The average molecular weight is 857 g/mol. The van der Waals surface area contributed by atoms with Crippen molar-refractivity contribution in [3.8, 4) is 0 Å². The highest BCUT2D eigenvalue weighted by Crippen LogP contribution is 2.27. The van der Waals surface area contributed by atoms with Crippen LogP contribution in [-0.4, -0.2) is 167 Å². The number of rotatable bonds is 12. The Balaban J connectivity index is 0.839. The van der Waals surface area contributed by atoms with Gasteiger partial charge in [-0.2, -0.15) is 0 Å². The van der Waals surface area contributed by atoms with Crippen molar-refractivity contribution < 1.29 is 37.9 Å². The standard InChI is InChI=1S/C45H60N8O9/c1-31-28-32(29-37-41(31)47(2)44(58)61-37)30-38(62-45(59)52-19-12-35(13-20-52)53-21-9-33-6-3-4-7-36(33)46-43(53)57)42(56)51-24-22-49(23-25-51)34-10-16-48(17-11-34)18-14-40(55)60-27-26-50-15-5-8-39(50)54/h3-4,6-7,28-29,34-35,38H,5,8-27,30H2,1-2H3,(H,46,57)/t38-/m1/s1. The van der Waals surface area contributed by atoms with Gasteiger partial charge in [-0.05, 0) is 87.4 Å². The molecule has 17 nitrogen and oxygen atoms in total. The lowest BCUT2D eigenvalue weighted by Crippen LogP contribution is -2.56. The van der Waals surface area contributed by atoms with Gasteiger partial charge in [-0.3, -0.25) is 23.9 Å². The van der Waals surface area contributed by atoms with Crippen molar-refractivity contribution in [1.82, 2.24) is 34.0 Å². The molecule has 3 aromatic rings. The van der Waals surface area contributed by atoms with Gasteiger partial charge in [-0.25, -0.2) is 14.4 Å². The van der Waals surface area contributed by atoms with Crippen LogP contribution in [0.25, 0.3) is 11.1 Å². The second-order valence-corrected chi connectivity index (χ2v) is 17.4. The van der Waals surface area contributed by atoms with Crippen molar-refractivity contribution in [1.29, 1.82) is 0 Å². The molecule has 1 atom stereocenters. The maximum absolute atomic E-state index is 14.4. The number of esters is 1. The minimum atomic E-state index is -1.09. The summed E-state index contributed by atoms with van der Waals surface area (Å²) in [5.41, 5.74) is 4.57. The van der Waals surface area contributed by atoms with Crippen LogP contribution in [0.5, 0.6) is 0 Å². The first kappa shape index (κ1) is 43.2. The molecule has 17 heteroatoms. The van der Waals surface area contributed by atoms with Gasteiger partial charge in [0.1, 0.15) is 6.61 Å². The summed E-state index contributed by atoms with van der Waals surface area (Å²) in [5, 5.41) is 3.05. The third kappa shape index (κ3) is 9.94. The first-order chi connectivity index (χ1) is 30.0. The molecule has 334 valence electrons. The van der Waals surface area contributed by atoms with E-state index in [2.05, 4.69) is 15.1 Å². The van der Waals surface area contributed by atoms with E-state index in [1.54, 1.807) is 27.8 Å². The highest BCUT2D eigenvalue weighted by Gasteiger charge is 2.37. The third-order valence-electron chi connectivity index (χ3n) is 13.5. The normalized spacial score (nSPS) is 20.3. The fourth-order valence-electron chi connectivity index (χ4n) is 9.94. The van der Waals surface area contributed by atoms with Crippen LogP contribution in [-0.2, 0) is 43.7 Å². The Bertz CT molecular complexity index is 2180. The van der Waals surface area contributed by atoms with Gasteiger partial charge in [0.2, 0.25) is 5.91 Å². The number of anilines is 1. The Labute approximate surface area is 361 Å². The van der Waals surface area contributed by atoms with Crippen molar-refractivity contribution >= 4 is 46.7 Å². The number of benzene rings is 2. The molecule has 1 aromatic heterocycles. The number of aromatic nitrogens is 1. The van der Waals surface area contributed by atoms with Gasteiger partial charge < -0.3 is 43.7 Å². The Morgan fingerprint density at radius 1 is 0.839 bits per heavy atom. The number of ether oxygens (including phenoxy) is 2. The molecule has 0 radical (unpaired) electrons. The number of nitrogens with one attached hydrogen (secondary N) is 1. The molecular weight excluding hydrogens is 797 g/mol. The minimum absolute atomic E-state index is 0.0300. The number of para-hydroxylation sites is 1. The van der Waals surface area contributed by atoms with Crippen molar-refractivity contribution in [2.45, 2.75) is 82.9 Å². The summed E-state index contributed by atoms with van der Waals surface area (Å²) in [6.07, 6.45) is 4.10. The minimum Gasteiger partial charge on any atom is -0.464 e. The molecule has 0 unspecified atom stereocenters. The third-order valence-corrected chi connectivity index (χ3v) is 13.5. The smallest absolute Gasteiger partial charge is 0.419 e. The topological polar surface area (TPSA) is 170 Å². The van der Waals surface area contributed by atoms with Crippen LogP contribution >= 0.6 is 0 Å². The molecule has 0 saturated carbocycles. The molecule has 8 rings (SSSR count). The Hall–Kier alpha value is -5.42. The highest BCUT2D eigenvalue weighted by molar-refractivity contribution is 5.91. The highest BCUT2D eigenvalue weighted by atomic mass is 16.6. The molecule has 5 amide bonds. The number of piperazine rings is 1. The van der Waals surface area contributed by atoms with E-state index in [1.165, 1.54) is 4.57 Å². The van der Waals surface area contributed by atoms with E-state index < -0.39 is 18.0 Å². The molecule has 1 N–H and O–H groups in total. The second kappa shape index (κ2) is 19.3. The first-order valence-electron chi connectivity index (χ1n) is 22.4. The molecule has 4 fully saturated rings. The Morgan fingerprint density at radius 3 is 2.32 bits per heavy atom. The summed E-state index contributed by atoms with van der Waals surface area (Å²) in [6, 6.07) is 11.7. The van der Waals surface area contributed by atoms with Crippen molar-refractivity contribution in [3.63, 3.8) is 0 Å². The fraction of sp³-hybridized carbons (Fsp3) is 0.600. The van der Waals surface area contributed by atoms with Gasteiger partial charge in [0.05, 0.1) is 18.5 Å². The van der Waals surface area contributed by atoms with Gasteiger partial charge in [0.25, 0.3) is 5.91 Å². The predicted molar refractivity (Wildman–Crippen MR) is 230 cm³/mol. The van der Waals surface area contributed by atoms with E-state index in [0.717, 1.165) is 67.7 Å². The quantitative estimate of drug-likeness (QED) is 0.266. The number of amides is 5. The van der Waals surface area contributed by atoms with Crippen LogP contribution in [0.4, 0.5) is 15.3 Å². The van der Waals surface area contributed by atoms with E-state index in [-0.39, 0.29) is 42.9 Å². The zero-order chi connectivity index (χ0) is 43.3. The van der Waals surface area contributed by atoms with E-state index in [0.29, 0.717) is 102 Å². The number of nitrogens with zero attached hydrogens (tertiary/aromatic N) is 7. The number of likely N-dealkylation sites (tertiary alicyclic amines) is 3. The van der Waals surface area contributed by atoms with Crippen LogP contribution in [0.15, 0.2) is 45.6 Å². The Morgan fingerprint density at radius 2 is 1.58 bits per heavy atom. The molecule has 0 aliphatic carbocycles. The maximum Gasteiger partial charge on any atom is 0.419 e. The van der Waals surface area contributed by atoms with Gasteiger partial charge in [-0.1, -0.05) is 24.3 Å². The zero-order valence-electron chi connectivity index (χ0n) is 36.1. The number of carbonyl (C=O) groups is 5. The number of carbonyl (C=O) groups excluding carboxylic acids is 5. The first-order valence-corrected chi connectivity index (χ1v) is 22.4. The Kier molecular flexibility index (Phi) is 13.5. The number of fused-ring (bicyclic) bond motifs is 2. The molecule has 0 spiro atoms. The number of hydrogen-bond acceptors (Lipinski definition) is 11. The SMILES string of the molecule is Cc1cc(C[C@@H](OC(=O)N2CCC(N3CCc4ccccc4NC3=O)CC2)C(=O)N2CCN(C3CCN(CCC(=O)OCCN4CCCC4=O)CC3)CC2)cc2oc(=O)n(C)c12. The maximum atomic E-state index is 14.4. The molecule has 5 aliphatic heterocycles. The molecule has 6 heterocycles. The summed E-state index contributed by atoms with van der Waals surface area (Å²) in [7, 11) is 1.65. The van der Waals surface area contributed by atoms with Crippen LogP contribution in [0.1, 0.15) is 61.6 Å². The lowest BCUT2D eigenvalue weighted by Gasteiger charge is -2.43. The van der Waals surface area contributed by atoms with E-state index in [9.17, 15) is 28.8 Å². The fourth-order valence-corrected chi connectivity index (χ4v) is 9.94. The number of oxazole rings is 1.